The molecule has 27 heavy (non-hydrogen) atoms. The first-order chi connectivity index (χ1) is 12.9. The van der Waals surface area contributed by atoms with Gasteiger partial charge in [0.05, 0.1) is 12.4 Å². The maximum atomic E-state index is 10.7. The van der Waals surface area contributed by atoms with Gasteiger partial charge in [-0.2, -0.15) is 11.8 Å². The van der Waals surface area contributed by atoms with Crippen LogP contribution in [0, 0.1) is 0 Å². The van der Waals surface area contributed by atoms with Crippen LogP contribution in [0.1, 0.15) is 12.6 Å². The van der Waals surface area contributed by atoms with Crippen LogP contribution in [0.3, 0.4) is 0 Å². The third-order valence-corrected chi connectivity index (χ3v) is 5.47. The van der Waals surface area contributed by atoms with Gasteiger partial charge in [0.15, 0.2) is 17.7 Å². The SMILES string of the molecule is CNc1ncnc2c1ncn2[C@H]1O[C@@H](CSCC[C@H](N)C(=O)O)[C@H](O)[C@@H]1O. The molecule has 6 N–H and O–H groups in total. The number of ether oxygens (including phenoxy) is 1. The van der Waals surface area contributed by atoms with E-state index in [9.17, 15) is 15.0 Å². The van der Waals surface area contributed by atoms with Crippen molar-refractivity contribution in [1.82, 2.24) is 19.5 Å². The highest BCUT2D eigenvalue weighted by Crippen LogP contribution is 2.33. The highest BCUT2D eigenvalue weighted by molar-refractivity contribution is 7.99. The Morgan fingerprint density at radius 3 is 2.89 bits per heavy atom. The van der Waals surface area contributed by atoms with Crippen LogP contribution in [-0.4, -0.2) is 83.7 Å². The first-order valence-corrected chi connectivity index (χ1v) is 9.52. The molecule has 1 aliphatic rings. The lowest BCUT2D eigenvalue weighted by Crippen LogP contribution is -2.33. The molecule has 0 aromatic carbocycles. The second kappa shape index (κ2) is 8.35. The second-order valence-corrected chi connectivity index (χ2v) is 7.30. The number of thioether (sulfide) groups is 1. The van der Waals surface area contributed by atoms with Gasteiger partial charge in [-0.3, -0.25) is 9.36 Å². The zero-order valence-electron chi connectivity index (χ0n) is 14.6. The lowest BCUT2D eigenvalue weighted by atomic mass is 10.1. The number of rotatable bonds is 8. The van der Waals surface area contributed by atoms with E-state index in [1.807, 2.05) is 0 Å². The molecule has 1 aliphatic heterocycles. The highest BCUT2D eigenvalue weighted by Gasteiger charge is 2.44. The van der Waals surface area contributed by atoms with Crippen molar-refractivity contribution in [2.24, 2.45) is 5.73 Å². The van der Waals surface area contributed by atoms with Gasteiger partial charge in [-0.25, -0.2) is 15.0 Å². The van der Waals surface area contributed by atoms with E-state index in [1.54, 1.807) is 11.6 Å². The summed E-state index contributed by atoms with van der Waals surface area (Å²) < 4.78 is 7.41. The Morgan fingerprint density at radius 1 is 1.41 bits per heavy atom. The largest absolute Gasteiger partial charge is 0.480 e. The third kappa shape index (κ3) is 3.99. The van der Waals surface area contributed by atoms with Gasteiger partial charge in [-0.1, -0.05) is 0 Å². The van der Waals surface area contributed by atoms with E-state index in [0.29, 0.717) is 34.9 Å². The Kier molecular flexibility index (Phi) is 6.11. The molecule has 0 aliphatic carbocycles. The zero-order valence-corrected chi connectivity index (χ0v) is 15.4. The van der Waals surface area contributed by atoms with Gasteiger partial charge in [0.1, 0.15) is 30.1 Å². The molecule has 148 valence electrons. The molecule has 0 amide bonds. The van der Waals surface area contributed by atoms with E-state index >= 15 is 0 Å². The van der Waals surface area contributed by atoms with Crippen LogP contribution in [0.25, 0.3) is 11.2 Å². The van der Waals surface area contributed by atoms with Crippen LogP contribution in [0.4, 0.5) is 5.82 Å². The molecule has 0 unspecified atom stereocenters. The van der Waals surface area contributed by atoms with Crippen molar-refractivity contribution in [3.63, 3.8) is 0 Å². The van der Waals surface area contributed by atoms with E-state index in [0.717, 1.165) is 0 Å². The summed E-state index contributed by atoms with van der Waals surface area (Å²) in [6.45, 7) is 0. The molecular weight excluding hydrogens is 376 g/mol. The molecule has 11 nitrogen and oxygen atoms in total. The van der Waals surface area contributed by atoms with Gasteiger partial charge in [0, 0.05) is 12.8 Å². The predicted octanol–water partition coefficient (Wildman–Crippen LogP) is -0.978. The van der Waals surface area contributed by atoms with E-state index in [2.05, 4.69) is 20.3 Å². The number of hydrogen-bond donors (Lipinski definition) is 5. The summed E-state index contributed by atoms with van der Waals surface area (Å²) >= 11 is 1.41. The number of nitrogens with two attached hydrogens (primary N) is 1. The Balaban J connectivity index is 1.66. The molecule has 1 saturated heterocycles. The van der Waals surface area contributed by atoms with Gasteiger partial charge in [0.2, 0.25) is 0 Å². The number of hydrogen-bond acceptors (Lipinski definition) is 10. The number of fused-ring (bicyclic) bond motifs is 1. The summed E-state index contributed by atoms with van der Waals surface area (Å²) in [7, 11) is 1.72. The van der Waals surface area contributed by atoms with E-state index in [1.165, 1.54) is 24.4 Å². The number of aliphatic carboxylic acids is 1. The van der Waals surface area contributed by atoms with Crippen LogP contribution in [0.15, 0.2) is 12.7 Å². The summed E-state index contributed by atoms with van der Waals surface area (Å²) in [5, 5.41) is 32.4. The fourth-order valence-corrected chi connectivity index (χ4v) is 3.95. The fourth-order valence-electron chi connectivity index (χ4n) is 2.85. The quantitative estimate of drug-likeness (QED) is 0.347. The third-order valence-electron chi connectivity index (χ3n) is 4.38. The highest BCUT2D eigenvalue weighted by atomic mass is 32.2. The van der Waals surface area contributed by atoms with Crippen LogP contribution < -0.4 is 11.1 Å². The van der Waals surface area contributed by atoms with Crippen LogP contribution in [0.2, 0.25) is 0 Å². The Morgan fingerprint density at radius 2 is 2.19 bits per heavy atom. The molecule has 5 atom stereocenters. The van der Waals surface area contributed by atoms with Crippen LogP contribution in [-0.2, 0) is 9.53 Å². The minimum atomic E-state index is -1.15. The van der Waals surface area contributed by atoms with Crippen LogP contribution in [0.5, 0.6) is 0 Å². The minimum absolute atomic E-state index is 0.310. The van der Waals surface area contributed by atoms with Gasteiger partial charge in [-0.15, -0.1) is 0 Å². The number of anilines is 1. The van der Waals surface area contributed by atoms with Crippen molar-refractivity contribution >= 4 is 34.7 Å². The maximum absolute atomic E-state index is 10.7. The molecular formula is C15H22N6O5S. The Hall–Kier alpha value is -1.99. The number of nitrogens with one attached hydrogen (secondary N) is 1. The number of nitrogens with zero attached hydrogens (tertiary/aromatic N) is 4. The topological polar surface area (TPSA) is 169 Å². The monoisotopic (exact) mass is 398 g/mol. The average Bonchev–Trinajstić information content (AvgIpc) is 3.20. The van der Waals surface area contributed by atoms with Crippen molar-refractivity contribution < 1.29 is 24.9 Å². The van der Waals surface area contributed by atoms with Gasteiger partial charge < -0.3 is 31.1 Å². The summed E-state index contributed by atoms with van der Waals surface area (Å²) in [6, 6.07) is -0.913. The normalized spacial score (nSPS) is 26.4. The first kappa shape index (κ1) is 19.8. The van der Waals surface area contributed by atoms with Crippen molar-refractivity contribution in [2.75, 3.05) is 23.9 Å². The standard InChI is InChI=1S/C15H22N6O5S/c1-17-12-9-13(19-5-18-12)21(6-20-9)14-11(23)10(22)8(26-14)4-27-3-2-7(16)15(24)25/h5-8,10-11,14,22-23H,2-4,16H2,1H3,(H,24,25)(H,17,18,19)/t7-,8-,10-,11-,14-/m0/s1. The zero-order chi connectivity index (χ0) is 19.6. The Labute approximate surface area is 159 Å². The molecule has 0 spiro atoms. The van der Waals surface area contributed by atoms with Crippen molar-refractivity contribution in [3.8, 4) is 0 Å². The molecule has 2 aromatic rings. The van der Waals surface area contributed by atoms with Crippen molar-refractivity contribution in [3.05, 3.63) is 12.7 Å². The minimum Gasteiger partial charge on any atom is -0.480 e. The summed E-state index contributed by atoms with van der Waals surface area (Å²) in [4.78, 5) is 23.3. The smallest absolute Gasteiger partial charge is 0.320 e. The molecule has 12 heteroatoms. The fraction of sp³-hybridized carbons (Fsp3) is 0.600. The molecule has 0 radical (unpaired) electrons. The van der Waals surface area contributed by atoms with E-state index < -0.39 is 36.6 Å². The molecule has 0 bridgehead atoms. The first-order valence-electron chi connectivity index (χ1n) is 8.37. The number of aliphatic hydroxyl groups excluding tert-OH is 2. The molecule has 2 aromatic heterocycles. The number of carboxylic acid groups (broad SMARTS) is 1. The molecule has 3 rings (SSSR count). The molecule has 0 saturated carbocycles. The van der Waals surface area contributed by atoms with Crippen LogP contribution >= 0.6 is 11.8 Å². The van der Waals surface area contributed by atoms with Crippen molar-refractivity contribution in [2.45, 2.75) is 37.0 Å². The van der Waals surface area contributed by atoms with Gasteiger partial charge >= 0.3 is 5.97 Å². The van der Waals surface area contributed by atoms with Gasteiger partial charge in [0.25, 0.3) is 0 Å². The van der Waals surface area contributed by atoms with Gasteiger partial charge in [-0.05, 0) is 12.2 Å². The second-order valence-electron chi connectivity index (χ2n) is 6.15. The van der Waals surface area contributed by atoms with E-state index in [-0.39, 0.29) is 0 Å². The molecule has 3 heterocycles. The predicted molar refractivity (Wildman–Crippen MR) is 98.3 cm³/mol. The lowest BCUT2D eigenvalue weighted by Gasteiger charge is -2.16. The number of aliphatic hydroxyl groups is 2. The molecule has 1 fully saturated rings. The number of imidazole rings is 1. The number of carboxylic acids is 1. The maximum Gasteiger partial charge on any atom is 0.320 e. The summed E-state index contributed by atoms with van der Waals surface area (Å²) in [5.41, 5.74) is 6.47. The summed E-state index contributed by atoms with van der Waals surface area (Å²) in [6.07, 6.45) is -0.507. The Bertz CT molecular complexity index is 804. The van der Waals surface area contributed by atoms with Crippen molar-refractivity contribution in [1.29, 1.82) is 0 Å². The number of aromatic nitrogens is 4. The summed E-state index contributed by atoms with van der Waals surface area (Å²) in [5.74, 6) is 0.407. The van der Waals surface area contributed by atoms with E-state index in [4.69, 9.17) is 15.6 Å². The lowest BCUT2D eigenvalue weighted by molar-refractivity contribution is -0.138. The number of carbonyl (C=O) groups is 1. The average molecular weight is 398 g/mol.